The van der Waals surface area contributed by atoms with E-state index in [1.807, 2.05) is 0 Å². The zero-order valence-corrected chi connectivity index (χ0v) is 5.96. The molecule has 0 aliphatic heterocycles. The lowest BCUT2D eigenvalue weighted by molar-refractivity contribution is -0.143. The summed E-state index contributed by atoms with van der Waals surface area (Å²) in [6, 6.07) is -0.515. The van der Waals surface area contributed by atoms with Crippen LogP contribution in [0.2, 0.25) is 0 Å². The quantitative estimate of drug-likeness (QED) is 0.441. The Hall–Kier alpha value is -1.01. The summed E-state index contributed by atoms with van der Waals surface area (Å²) in [5, 5.41) is 0. The molecule has 0 spiro atoms. The van der Waals surface area contributed by atoms with Crippen molar-refractivity contribution < 1.29 is 9.53 Å². The number of rotatable bonds is 3. The van der Waals surface area contributed by atoms with Crippen molar-refractivity contribution in [3.05, 3.63) is 0 Å². The molecular weight excluding hydrogens is 130 g/mol. The Morgan fingerprint density at radius 1 is 1.90 bits per heavy atom. The van der Waals surface area contributed by atoms with Gasteiger partial charge in [-0.05, 0) is 6.92 Å². The van der Waals surface area contributed by atoms with Crippen LogP contribution in [0.25, 0.3) is 0 Å². The number of terminal acetylenes is 1. The molecule has 0 amide bonds. The Bertz CT molecular complexity index is 148. The second kappa shape index (κ2) is 4.83. The Kier molecular flexibility index (Phi) is 4.34. The summed E-state index contributed by atoms with van der Waals surface area (Å²) < 4.78 is 4.60. The van der Waals surface area contributed by atoms with Crippen LogP contribution in [0.15, 0.2) is 0 Å². The van der Waals surface area contributed by atoms with Gasteiger partial charge in [-0.1, -0.05) is 5.92 Å². The molecule has 0 aromatic carbocycles. The second-order valence-corrected chi connectivity index (χ2v) is 1.78. The molecular formula is C7H11NO2. The van der Waals surface area contributed by atoms with E-state index in [9.17, 15) is 4.79 Å². The van der Waals surface area contributed by atoms with Crippen molar-refractivity contribution in [3.63, 3.8) is 0 Å². The second-order valence-electron chi connectivity index (χ2n) is 1.78. The SMILES string of the molecule is C#C[C@H](N)CC(=O)OCC. The van der Waals surface area contributed by atoms with Crippen molar-refractivity contribution >= 4 is 5.97 Å². The summed E-state index contributed by atoms with van der Waals surface area (Å²) in [5.41, 5.74) is 5.27. The molecule has 2 N–H and O–H groups in total. The third-order valence-corrected chi connectivity index (χ3v) is 0.906. The van der Waals surface area contributed by atoms with Gasteiger partial charge in [0.2, 0.25) is 0 Å². The van der Waals surface area contributed by atoms with Crippen molar-refractivity contribution in [2.75, 3.05) is 6.61 Å². The van der Waals surface area contributed by atoms with Crippen molar-refractivity contribution in [1.82, 2.24) is 0 Å². The van der Waals surface area contributed by atoms with E-state index in [0.29, 0.717) is 6.61 Å². The molecule has 0 fully saturated rings. The van der Waals surface area contributed by atoms with E-state index in [-0.39, 0.29) is 12.4 Å². The van der Waals surface area contributed by atoms with Crippen molar-refractivity contribution in [2.24, 2.45) is 5.73 Å². The average Bonchev–Trinajstić information content (AvgIpc) is 1.88. The molecule has 0 unspecified atom stereocenters. The Morgan fingerprint density at radius 2 is 2.50 bits per heavy atom. The molecule has 0 saturated carbocycles. The van der Waals surface area contributed by atoms with Gasteiger partial charge in [-0.3, -0.25) is 4.79 Å². The standard InChI is InChI=1S/C7H11NO2/c1-3-6(8)5-7(9)10-4-2/h1,6H,4-5,8H2,2H3/t6-/m0/s1. The van der Waals surface area contributed by atoms with E-state index >= 15 is 0 Å². The van der Waals surface area contributed by atoms with Crippen LogP contribution in [-0.2, 0) is 9.53 Å². The number of ether oxygens (including phenoxy) is 1. The molecule has 3 nitrogen and oxygen atoms in total. The van der Waals surface area contributed by atoms with E-state index < -0.39 is 6.04 Å². The number of carbonyl (C=O) groups excluding carboxylic acids is 1. The number of hydrogen-bond donors (Lipinski definition) is 1. The molecule has 0 rings (SSSR count). The number of carbonyl (C=O) groups is 1. The highest BCUT2D eigenvalue weighted by atomic mass is 16.5. The van der Waals surface area contributed by atoms with E-state index in [4.69, 9.17) is 12.2 Å². The molecule has 0 radical (unpaired) electrons. The smallest absolute Gasteiger partial charge is 0.308 e. The zero-order valence-electron chi connectivity index (χ0n) is 5.96. The molecule has 0 aromatic heterocycles. The number of hydrogen-bond acceptors (Lipinski definition) is 3. The van der Waals surface area contributed by atoms with Crippen LogP contribution in [0.3, 0.4) is 0 Å². The van der Waals surface area contributed by atoms with E-state index in [1.54, 1.807) is 6.92 Å². The fourth-order valence-corrected chi connectivity index (χ4v) is 0.458. The van der Waals surface area contributed by atoms with Gasteiger partial charge in [0, 0.05) is 0 Å². The first-order valence-corrected chi connectivity index (χ1v) is 3.08. The lowest BCUT2D eigenvalue weighted by atomic mass is 10.2. The van der Waals surface area contributed by atoms with Gasteiger partial charge in [-0.25, -0.2) is 0 Å². The van der Waals surface area contributed by atoms with Gasteiger partial charge in [-0.2, -0.15) is 0 Å². The Morgan fingerprint density at radius 3 is 2.90 bits per heavy atom. The predicted octanol–water partition coefficient (Wildman–Crippen LogP) is -0.0999. The van der Waals surface area contributed by atoms with Gasteiger partial charge in [0.05, 0.1) is 19.1 Å². The third kappa shape index (κ3) is 3.93. The van der Waals surface area contributed by atoms with E-state index in [1.165, 1.54) is 0 Å². The van der Waals surface area contributed by atoms with Crippen molar-refractivity contribution in [3.8, 4) is 12.3 Å². The van der Waals surface area contributed by atoms with Gasteiger partial charge in [0.15, 0.2) is 0 Å². The minimum absolute atomic E-state index is 0.102. The summed E-state index contributed by atoms with van der Waals surface area (Å²) in [7, 11) is 0. The van der Waals surface area contributed by atoms with Gasteiger partial charge in [0.25, 0.3) is 0 Å². The molecule has 0 aliphatic carbocycles. The van der Waals surface area contributed by atoms with Crippen LogP contribution in [-0.4, -0.2) is 18.6 Å². The van der Waals surface area contributed by atoms with E-state index in [0.717, 1.165) is 0 Å². The molecule has 0 bridgehead atoms. The van der Waals surface area contributed by atoms with Gasteiger partial charge >= 0.3 is 5.97 Å². The van der Waals surface area contributed by atoms with Crippen LogP contribution >= 0.6 is 0 Å². The summed E-state index contributed by atoms with van der Waals surface area (Å²) in [6.45, 7) is 2.11. The Labute approximate surface area is 60.5 Å². The normalized spacial score (nSPS) is 11.7. The molecule has 0 aromatic rings. The van der Waals surface area contributed by atoms with Crippen molar-refractivity contribution in [2.45, 2.75) is 19.4 Å². The van der Waals surface area contributed by atoms with Crippen LogP contribution in [0.1, 0.15) is 13.3 Å². The first-order valence-electron chi connectivity index (χ1n) is 3.08. The maximum Gasteiger partial charge on any atom is 0.308 e. The molecule has 0 saturated heterocycles. The fraction of sp³-hybridized carbons (Fsp3) is 0.571. The lowest BCUT2D eigenvalue weighted by Gasteiger charge is -2.02. The summed E-state index contributed by atoms with van der Waals surface area (Å²) in [4.78, 5) is 10.6. The molecule has 0 aliphatic rings. The summed E-state index contributed by atoms with van der Waals surface area (Å²) >= 11 is 0. The number of nitrogens with two attached hydrogens (primary N) is 1. The van der Waals surface area contributed by atoms with Gasteiger partial charge in [-0.15, -0.1) is 6.42 Å². The summed E-state index contributed by atoms with van der Waals surface area (Å²) in [5.74, 6) is 1.89. The number of esters is 1. The monoisotopic (exact) mass is 141 g/mol. The van der Waals surface area contributed by atoms with Crippen molar-refractivity contribution in [1.29, 1.82) is 0 Å². The predicted molar refractivity (Wildman–Crippen MR) is 38.1 cm³/mol. The molecule has 1 atom stereocenters. The first-order chi connectivity index (χ1) is 4.70. The van der Waals surface area contributed by atoms with Gasteiger partial charge in [0.1, 0.15) is 0 Å². The first kappa shape index (κ1) is 8.99. The maximum atomic E-state index is 10.6. The highest BCUT2D eigenvalue weighted by Gasteiger charge is 2.05. The molecule has 0 heterocycles. The summed E-state index contributed by atoms with van der Waals surface area (Å²) in [6.07, 6.45) is 5.04. The minimum atomic E-state index is -0.515. The lowest BCUT2D eigenvalue weighted by Crippen LogP contribution is -2.22. The van der Waals surface area contributed by atoms with E-state index in [2.05, 4.69) is 10.7 Å². The molecule has 10 heavy (non-hydrogen) atoms. The molecule has 56 valence electrons. The fourth-order valence-electron chi connectivity index (χ4n) is 0.458. The van der Waals surface area contributed by atoms with Gasteiger partial charge < -0.3 is 10.5 Å². The average molecular weight is 141 g/mol. The third-order valence-electron chi connectivity index (χ3n) is 0.906. The highest BCUT2D eigenvalue weighted by molar-refractivity contribution is 5.70. The highest BCUT2D eigenvalue weighted by Crippen LogP contribution is 1.89. The van der Waals surface area contributed by atoms with Crippen LogP contribution in [0.5, 0.6) is 0 Å². The zero-order chi connectivity index (χ0) is 7.98. The topological polar surface area (TPSA) is 52.3 Å². The molecule has 3 heteroatoms. The Balaban J connectivity index is 3.49. The van der Waals surface area contributed by atoms with Crippen LogP contribution in [0.4, 0.5) is 0 Å². The van der Waals surface area contributed by atoms with Crippen LogP contribution < -0.4 is 5.73 Å². The largest absolute Gasteiger partial charge is 0.466 e. The van der Waals surface area contributed by atoms with Crippen LogP contribution in [0, 0.1) is 12.3 Å². The minimum Gasteiger partial charge on any atom is -0.466 e. The maximum absolute atomic E-state index is 10.6.